The molecule has 0 aliphatic rings. The fourth-order valence-electron chi connectivity index (χ4n) is 1.66. The molecule has 0 fully saturated rings. The number of aliphatic hydroxyl groups is 1. The van der Waals surface area contributed by atoms with E-state index in [-0.39, 0.29) is 6.61 Å². The van der Waals surface area contributed by atoms with Crippen LogP contribution in [-0.2, 0) is 6.54 Å². The summed E-state index contributed by atoms with van der Waals surface area (Å²) in [6.07, 6.45) is 0.875. The van der Waals surface area contributed by atoms with E-state index < -0.39 is 0 Å². The van der Waals surface area contributed by atoms with E-state index in [1.165, 1.54) is 5.56 Å². The molecule has 1 rings (SSSR count). The Labute approximate surface area is 86.4 Å². The van der Waals surface area contributed by atoms with Crippen LogP contribution in [0.25, 0.3) is 0 Å². The molecule has 2 heteroatoms. The molecule has 1 aromatic rings. The number of hydrogen-bond donors (Lipinski definition) is 1. The van der Waals surface area contributed by atoms with Gasteiger partial charge in [-0.2, -0.15) is 0 Å². The Morgan fingerprint density at radius 2 is 1.79 bits per heavy atom. The molecule has 1 aromatic carbocycles. The smallest absolute Gasteiger partial charge is 0.104 e. The Bertz CT molecular complexity index is 256. The third kappa shape index (κ3) is 3.90. The van der Waals surface area contributed by atoms with Crippen LogP contribution in [-0.4, -0.2) is 36.8 Å². The first-order valence-corrected chi connectivity index (χ1v) is 5.11. The van der Waals surface area contributed by atoms with E-state index in [1.807, 2.05) is 6.07 Å². The van der Waals surface area contributed by atoms with E-state index in [1.54, 1.807) is 0 Å². The Kier molecular flexibility index (Phi) is 4.11. The number of quaternary nitrogens is 1. The average molecular weight is 194 g/mol. The van der Waals surface area contributed by atoms with Crippen LogP contribution < -0.4 is 0 Å². The van der Waals surface area contributed by atoms with Crippen molar-refractivity contribution in [2.75, 3.05) is 27.2 Å². The molecule has 0 spiro atoms. The molecule has 0 amide bonds. The minimum absolute atomic E-state index is 0.288. The van der Waals surface area contributed by atoms with Crippen molar-refractivity contribution >= 4 is 0 Å². The van der Waals surface area contributed by atoms with Crippen molar-refractivity contribution in [2.24, 2.45) is 0 Å². The van der Waals surface area contributed by atoms with Gasteiger partial charge in [-0.15, -0.1) is 0 Å². The van der Waals surface area contributed by atoms with Gasteiger partial charge in [0.2, 0.25) is 0 Å². The molecule has 78 valence electrons. The van der Waals surface area contributed by atoms with Gasteiger partial charge in [0.1, 0.15) is 6.54 Å². The Morgan fingerprint density at radius 1 is 1.14 bits per heavy atom. The van der Waals surface area contributed by atoms with Crippen molar-refractivity contribution < 1.29 is 9.59 Å². The Morgan fingerprint density at radius 3 is 2.36 bits per heavy atom. The van der Waals surface area contributed by atoms with Crippen LogP contribution in [0.1, 0.15) is 12.0 Å². The topological polar surface area (TPSA) is 20.2 Å². The van der Waals surface area contributed by atoms with Crippen molar-refractivity contribution in [1.29, 1.82) is 0 Å². The summed E-state index contributed by atoms with van der Waals surface area (Å²) in [6, 6.07) is 10.5. The number of hydrogen-bond acceptors (Lipinski definition) is 1. The van der Waals surface area contributed by atoms with E-state index in [9.17, 15) is 0 Å². The number of aliphatic hydroxyl groups excluding tert-OH is 1. The van der Waals surface area contributed by atoms with E-state index in [4.69, 9.17) is 5.11 Å². The van der Waals surface area contributed by atoms with E-state index in [2.05, 4.69) is 38.4 Å². The summed E-state index contributed by atoms with van der Waals surface area (Å²) in [6.45, 7) is 2.34. The van der Waals surface area contributed by atoms with Crippen LogP contribution in [0, 0.1) is 0 Å². The zero-order valence-electron chi connectivity index (χ0n) is 9.11. The quantitative estimate of drug-likeness (QED) is 0.707. The highest BCUT2D eigenvalue weighted by molar-refractivity contribution is 5.13. The molecule has 0 saturated carbocycles. The fourth-order valence-corrected chi connectivity index (χ4v) is 1.66. The van der Waals surface area contributed by atoms with Gasteiger partial charge in [-0.05, 0) is 0 Å². The first kappa shape index (κ1) is 11.2. The van der Waals surface area contributed by atoms with Crippen molar-refractivity contribution in [3.63, 3.8) is 0 Å². The van der Waals surface area contributed by atoms with Crippen molar-refractivity contribution in [1.82, 2.24) is 0 Å². The average Bonchev–Trinajstić information content (AvgIpc) is 2.16. The molecule has 0 radical (unpaired) electrons. The molecule has 14 heavy (non-hydrogen) atoms. The lowest BCUT2D eigenvalue weighted by atomic mass is 10.2. The van der Waals surface area contributed by atoms with Crippen LogP contribution in [0.4, 0.5) is 0 Å². The summed E-state index contributed by atoms with van der Waals surface area (Å²) in [5, 5.41) is 8.79. The molecule has 0 unspecified atom stereocenters. The first-order chi connectivity index (χ1) is 6.64. The zero-order valence-corrected chi connectivity index (χ0v) is 9.11. The van der Waals surface area contributed by atoms with Gasteiger partial charge in [0, 0.05) is 18.6 Å². The van der Waals surface area contributed by atoms with Gasteiger partial charge in [-0.3, -0.25) is 0 Å². The standard InChI is InChI=1S/C12H20NO/c1-13(2,9-6-10-14)11-12-7-4-3-5-8-12/h3-5,7-8,14H,6,9-11H2,1-2H3/q+1. The fraction of sp³-hybridized carbons (Fsp3) is 0.500. The molecular formula is C12H20NO+. The number of benzene rings is 1. The van der Waals surface area contributed by atoms with Crippen molar-refractivity contribution in [2.45, 2.75) is 13.0 Å². The van der Waals surface area contributed by atoms with Gasteiger partial charge in [0.25, 0.3) is 0 Å². The maximum absolute atomic E-state index is 8.79. The molecule has 0 aliphatic carbocycles. The molecule has 0 atom stereocenters. The number of rotatable bonds is 5. The Balaban J connectivity index is 2.50. The van der Waals surface area contributed by atoms with Crippen LogP contribution in [0.15, 0.2) is 30.3 Å². The van der Waals surface area contributed by atoms with E-state index in [0.29, 0.717) is 0 Å². The second-order valence-electron chi connectivity index (χ2n) is 4.38. The lowest BCUT2D eigenvalue weighted by Gasteiger charge is -2.29. The summed E-state index contributed by atoms with van der Waals surface area (Å²) in [5.74, 6) is 0. The first-order valence-electron chi connectivity index (χ1n) is 5.11. The minimum Gasteiger partial charge on any atom is -0.396 e. The highest BCUT2D eigenvalue weighted by atomic mass is 16.3. The molecular weight excluding hydrogens is 174 g/mol. The molecule has 0 heterocycles. The van der Waals surface area contributed by atoms with E-state index in [0.717, 1.165) is 24.0 Å². The molecule has 1 N–H and O–H groups in total. The van der Waals surface area contributed by atoms with E-state index >= 15 is 0 Å². The third-order valence-corrected chi connectivity index (χ3v) is 2.37. The summed E-state index contributed by atoms with van der Waals surface area (Å²) in [5.41, 5.74) is 1.36. The maximum Gasteiger partial charge on any atom is 0.104 e. The molecule has 0 saturated heterocycles. The minimum atomic E-state index is 0.288. The van der Waals surface area contributed by atoms with Crippen molar-refractivity contribution in [3.8, 4) is 0 Å². The second kappa shape index (κ2) is 5.13. The second-order valence-corrected chi connectivity index (χ2v) is 4.38. The third-order valence-electron chi connectivity index (χ3n) is 2.37. The highest BCUT2D eigenvalue weighted by Gasteiger charge is 2.14. The maximum atomic E-state index is 8.79. The van der Waals surface area contributed by atoms with Gasteiger partial charge >= 0.3 is 0 Å². The predicted molar refractivity (Wildman–Crippen MR) is 58.8 cm³/mol. The van der Waals surface area contributed by atoms with Gasteiger partial charge in [-0.25, -0.2) is 0 Å². The highest BCUT2D eigenvalue weighted by Crippen LogP contribution is 2.09. The summed E-state index contributed by atoms with van der Waals surface area (Å²) < 4.78 is 0.935. The molecule has 0 bridgehead atoms. The monoisotopic (exact) mass is 194 g/mol. The largest absolute Gasteiger partial charge is 0.396 e. The van der Waals surface area contributed by atoms with Gasteiger partial charge < -0.3 is 9.59 Å². The summed E-state index contributed by atoms with van der Waals surface area (Å²) in [4.78, 5) is 0. The van der Waals surface area contributed by atoms with Crippen LogP contribution in [0.3, 0.4) is 0 Å². The lowest BCUT2D eigenvalue weighted by Crippen LogP contribution is -2.39. The predicted octanol–water partition coefficient (Wildman–Crippen LogP) is 1.65. The SMILES string of the molecule is C[N+](C)(CCCO)Cc1ccccc1. The molecule has 0 aromatic heterocycles. The van der Waals surface area contributed by atoms with Crippen LogP contribution in [0.5, 0.6) is 0 Å². The van der Waals surface area contributed by atoms with Gasteiger partial charge in [0.05, 0.1) is 20.6 Å². The van der Waals surface area contributed by atoms with Crippen LogP contribution >= 0.6 is 0 Å². The normalized spacial score (nSPS) is 11.6. The van der Waals surface area contributed by atoms with Crippen LogP contribution in [0.2, 0.25) is 0 Å². The van der Waals surface area contributed by atoms with Gasteiger partial charge in [0.15, 0.2) is 0 Å². The summed E-state index contributed by atoms with van der Waals surface area (Å²) in [7, 11) is 4.39. The molecule has 0 aliphatic heterocycles. The Hall–Kier alpha value is -0.860. The molecule has 2 nitrogen and oxygen atoms in total. The van der Waals surface area contributed by atoms with Crippen molar-refractivity contribution in [3.05, 3.63) is 35.9 Å². The zero-order chi connectivity index (χ0) is 10.4. The number of nitrogens with zero attached hydrogens (tertiary/aromatic N) is 1. The lowest BCUT2D eigenvalue weighted by molar-refractivity contribution is -0.903. The summed E-state index contributed by atoms with van der Waals surface area (Å²) >= 11 is 0. The van der Waals surface area contributed by atoms with Gasteiger partial charge in [-0.1, -0.05) is 30.3 Å².